The summed E-state index contributed by atoms with van der Waals surface area (Å²) in [6.07, 6.45) is 5.05. The number of hydrogen-bond acceptors (Lipinski definition) is 3. The fourth-order valence-electron chi connectivity index (χ4n) is 1.25. The molecule has 16 heavy (non-hydrogen) atoms. The summed E-state index contributed by atoms with van der Waals surface area (Å²) in [4.78, 5) is 21.2. The molecule has 0 fully saturated rings. The summed E-state index contributed by atoms with van der Waals surface area (Å²) in [5.74, 6) is -0.957. The maximum atomic E-state index is 11.2. The Kier molecular flexibility index (Phi) is 14.9. The third-order valence-corrected chi connectivity index (χ3v) is 2.14. The van der Waals surface area contributed by atoms with Gasteiger partial charge in [-0.25, -0.2) is 0 Å². The minimum Gasteiger partial charge on any atom is -0.550 e. The molecule has 0 saturated heterocycles. The minimum absolute atomic E-state index is 0. The number of nitrogens with one attached hydrogen (secondary N) is 1. The van der Waals surface area contributed by atoms with Crippen LogP contribution in [0, 0.1) is 0 Å². The summed E-state index contributed by atoms with van der Waals surface area (Å²) >= 11 is 0. The summed E-state index contributed by atoms with van der Waals surface area (Å²) in [7, 11) is 0. The van der Waals surface area contributed by atoms with Crippen molar-refractivity contribution in [2.75, 3.05) is 6.54 Å². The van der Waals surface area contributed by atoms with Crippen molar-refractivity contribution in [3.63, 3.8) is 0 Å². The number of carboxylic acids is 1. The zero-order chi connectivity index (χ0) is 11.5. The van der Waals surface area contributed by atoms with Crippen LogP contribution in [0.3, 0.4) is 0 Å². The van der Waals surface area contributed by atoms with Gasteiger partial charge in [-0.2, -0.15) is 0 Å². The number of aliphatic carboxylic acids is 1. The predicted molar refractivity (Wildman–Crippen MR) is 56.0 cm³/mol. The van der Waals surface area contributed by atoms with Crippen LogP contribution in [0.15, 0.2) is 0 Å². The van der Waals surface area contributed by atoms with Gasteiger partial charge in [-0.05, 0) is 25.7 Å². The Labute approximate surface area is 119 Å². The van der Waals surface area contributed by atoms with E-state index in [2.05, 4.69) is 12.2 Å². The molecule has 1 N–H and O–H groups in total. The maximum absolute atomic E-state index is 11.2. The molecule has 0 aliphatic carbocycles. The minimum atomic E-state index is -1.02. The van der Waals surface area contributed by atoms with E-state index in [1.165, 1.54) is 0 Å². The molecule has 0 aromatic carbocycles. The molecule has 88 valence electrons. The number of unbranched alkanes of at least 4 members (excludes halogenated alkanes) is 3. The quantitative estimate of drug-likeness (QED) is 0.359. The fraction of sp³-hybridized carbons (Fsp3) is 0.818. The first-order chi connectivity index (χ1) is 7.16. The summed E-state index contributed by atoms with van der Waals surface area (Å²) in [5.41, 5.74) is 0. The number of amides is 1. The second-order valence-corrected chi connectivity index (χ2v) is 3.64. The normalized spacial score (nSPS) is 9.31. The monoisotopic (exact) mass is 237 g/mol. The first-order valence-corrected chi connectivity index (χ1v) is 5.63. The van der Waals surface area contributed by atoms with Gasteiger partial charge < -0.3 is 15.2 Å². The van der Waals surface area contributed by atoms with Crippen molar-refractivity contribution in [3.8, 4) is 0 Å². The van der Waals surface area contributed by atoms with Gasteiger partial charge in [0.05, 0.1) is 0 Å². The molecule has 0 aliphatic rings. The molecule has 1 amide bonds. The van der Waals surface area contributed by atoms with E-state index < -0.39 is 5.97 Å². The van der Waals surface area contributed by atoms with Crippen LogP contribution in [0.25, 0.3) is 0 Å². The van der Waals surface area contributed by atoms with Crippen LogP contribution < -0.4 is 40.0 Å². The molecule has 0 aliphatic heterocycles. The molecule has 0 bridgehead atoms. The molecule has 0 atom stereocenters. The van der Waals surface area contributed by atoms with Crippen molar-refractivity contribution < 1.29 is 44.3 Å². The summed E-state index contributed by atoms with van der Waals surface area (Å²) in [6.45, 7) is 2.66. The summed E-state index contributed by atoms with van der Waals surface area (Å²) < 4.78 is 0. The third-order valence-electron chi connectivity index (χ3n) is 2.14. The van der Waals surface area contributed by atoms with Crippen LogP contribution in [0.4, 0.5) is 0 Å². The molecule has 0 aromatic heterocycles. The molecule has 0 rings (SSSR count). The Morgan fingerprint density at radius 3 is 2.25 bits per heavy atom. The molecule has 0 saturated carbocycles. The number of carboxylic acid groups (broad SMARTS) is 1. The number of rotatable bonds is 9. The van der Waals surface area contributed by atoms with Gasteiger partial charge in [0, 0.05) is 18.9 Å². The van der Waals surface area contributed by atoms with E-state index in [4.69, 9.17) is 0 Å². The first-order valence-electron chi connectivity index (χ1n) is 5.63. The Hall–Kier alpha value is -0.0600. The predicted octanol–water partition coefficient (Wildman–Crippen LogP) is -2.39. The van der Waals surface area contributed by atoms with Gasteiger partial charge in [0.15, 0.2) is 0 Å². The third kappa shape index (κ3) is 13.9. The topological polar surface area (TPSA) is 69.2 Å². The largest absolute Gasteiger partial charge is 1.00 e. The molecule has 5 heteroatoms. The van der Waals surface area contributed by atoms with E-state index in [1.54, 1.807) is 0 Å². The molecule has 0 radical (unpaired) electrons. The van der Waals surface area contributed by atoms with E-state index in [9.17, 15) is 14.7 Å². The second kappa shape index (κ2) is 13.0. The van der Waals surface area contributed by atoms with Gasteiger partial charge in [-0.15, -0.1) is 0 Å². The van der Waals surface area contributed by atoms with Crippen LogP contribution in [0.2, 0.25) is 0 Å². The second-order valence-electron chi connectivity index (χ2n) is 3.64. The number of carbonyl (C=O) groups excluding carboxylic acids is 2. The van der Waals surface area contributed by atoms with Gasteiger partial charge in [0.25, 0.3) is 0 Å². The van der Waals surface area contributed by atoms with E-state index in [-0.39, 0.29) is 41.9 Å². The maximum Gasteiger partial charge on any atom is 1.00 e. The van der Waals surface area contributed by atoms with Crippen LogP contribution in [0.1, 0.15) is 51.9 Å². The van der Waals surface area contributed by atoms with Crippen molar-refractivity contribution in [1.29, 1.82) is 0 Å². The SMILES string of the molecule is CCCCCC(=O)NCCCCC(=O)[O-].[Na+]. The van der Waals surface area contributed by atoms with Crippen LogP contribution in [-0.2, 0) is 9.59 Å². The van der Waals surface area contributed by atoms with Gasteiger partial charge in [0.1, 0.15) is 0 Å². The van der Waals surface area contributed by atoms with Crippen molar-refractivity contribution in [2.45, 2.75) is 51.9 Å². The average Bonchev–Trinajstić information content (AvgIpc) is 2.17. The summed E-state index contributed by atoms with van der Waals surface area (Å²) in [6, 6.07) is 0. The van der Waals surface area contributed by atoms with Gasteiger partial charge in [0.2, 0.25) is 5.91 Å². The molecular formula is C11H20NNaO3. The molecule has 0 unspecified atom stereocenters. The fourth-order valence-corrected chi connectivity index (χ4v) is 1.25. The number of hydrogen-bond donors (Lipinski definition) is 1. The Bertz CT molecular complexity index is 198. The molecule has 4 nitrogen and oxygen atoms in total. The number of carbonyl (C=O) groups is 2. The first kappa shape index (κ1) is 18.3. The molecule has 0 aromatic rings. The van der Waals surface area contributed by atoms with E-state index in [1.807, 2.05) is 0 Å². The van der Waals surface area contributed by atoms with Crippen molar-refractivity contribution in [2.24, 2.45) is 0 Å². The van der Waals surface area contributed by atoms with E-state index in [0.717, 1.165) is 19.3 Å². The van der Waals surface area contributed by atoms with Crippen LogP contribution in [-0.4, -0.2) is 18.4 Å². The zero-order valence-corrected chi connectivity index (χ0v) is 12.4. The van der Waals surface area contributed by atoms with Gasteiger partial charge >= 0.3 is 29.6 Å². The van der Waals surface area contributed by atoms with Crippen LogP contribution in [0.5, 0.6) is 0 Å². The standard InChI is InChI=1S/C11H21NO3.Na/c1-2-3-4-7-10(13)12-9-6-5-8-11(14)15;/h2-9H2,1H3,(H,12,13)(H,14,15);/q;+1/p-1. The van der Waals surface area contributed by atoms with Crippen molar-refractivity contribution in [3.05, 3.63) is 0 Å². The van der Waals surface area contributed by atoms with Crippen molar-refractivity contribution in [1.82, 2.24) is 5.32 Å². The van der Waals surface area contributed by atoms with Crippen LogP contribution >= 0.6 is 0 Å². The van der Waals surface area contributed by atoms with Gasteiger partial charge in [-0.1, -0.05) is 19.8 Å². The summed E-state index contributed by atoms with van der Waals surface area (Å²) in [5, 5.41) is 12.8. The Morgan fingerprint density at radius 1 is 1.06 bits per heavy atom. The average molecular weight is 237 g/mol. The molecule has 0 spiro atoms. The van der Waals surface area contributed by atoms with Crippen molar-refractivity contribution >= 4 is 11.9 Å². The van der Waals surface area contributed by atoms with Gasteiger partial charge in [-0.3, -0.25) is 4.79 Å². The Balaban J connectivity index is 0. The van der Waals surface area contributed by atoms with E-state index in [0.29, 0.717) is 25.8 Å². The smallest absolute Gasteiger partial charge is 0.550 e. The van der Waals surface area contributed by atoms with E-state index >= 15 is 0 Å². The Morgan fingerprint density at radius 2 is 1.69 bits per heavy atom. The molecular weight excluding hydrogens is 217 g/mol. The zero-order valence-electron chi connectivity index (χ0n) is 10.4. The molecule has 0 heterocycles.